The number of anilines is 3. The summed E-state index contributed by atoms with van der Waals surface area (Å²) in [4.78, 5) is 57.0. The molecule has 1 aliphatic carbocycles. The number of carbonyl (C=O) groups is 3. The predicted molar refractivity (Wildman–Crippen MR) is 164 cm³/mol. The SMILES string of the molecule is CN(C)C(=O)c1cc2cnc(Nc3ccc(N4CC5(CCN(C(=O)OC(C)(C)C)CC5)OC4=O)cn3)nc2n1C1CCCC1. The number of hydrogen-bond acceptors (Lipinski definition) is 9. The normalized spacial score (nSPS) is 18.6. The third-order valence-corrected chi connectivity index (χ3v) is 8.49. The van der Waals surface area contributed by atoms with Gasteiger partial charge < -0.3 is 29.2 Å². The largest absolute Gasteiger partial charge is 0.444 e. The molecule has 0 aromatic carbocycles. The molecule has 13 heteroatoms. The molecule has 3 aromatic rings. The van der Waals surface area contributed by atoms with E-state index in [1.165, 1.54) is 0 Å². The van der Waals surface area contributed by atoms with E-state index in [9.17, 15) is 14.4 Å². The number of nitrogens with zero attached hydrogens (tertiary/aromatic N) is 7. The molecule has 6 rings (SSSR count). The maximum Gasteiger partial charge on any atom is 0.415 e. The number of rotatable bonds is 5. The summed E-state index contributed by atoms with van der Waals surface area (Å²) < 4.78 is 13.4. The Morgan fingerprint density at radius 2 is 1.82 bits per heavy atom. The van der Waals surface area contributed by atoms with Crippen LogP contribution in [0.5, 0.6) is 0 Å². The van der Waals surface area contributed by atoms with Crippen molar-refractivity contribution in [2.24, 2.45) is 0 Å². The lowest BCUT2D eigenvalue weighted by Crippen LogP contribution is -2.49. The Morgan fingerprint density at radius 3 is 2.45 bits per heavy atom. The maximum atomic E-state index is 13.0. The summed E-state index contributed by atoms with van der Waals surface area (Å²) in [5.41, 5.74) is 0.740. The van der Waals surface area contributed by atoms with E-state index in [1.54, 1.807) is 53.3 Å². The number of aromatic nitrogens is 4. The first kappa shape index (κ1) is 29.6. The predicted octanol–water partition coefficient (Wildman–Crippen LogP) is 5.11. The molecule has 0 unspecified atom stereocenters. The van der Waals surface area contributed by atoms with E-state index in [4.69, 9.17) is 14.5 Å². The first-order valence-corrected chi connectivity index (χ1v) is 15.2. The van der Waals surface area contributed by atoms with Gasteiger partial charge in [-0.1, -0.05) is 12.8 Å². The van der Waals surface area contributed by atoms with Gasteiger partial charge in [0.15, 0.2) is 0 Å². The Morgan fingerprint density at radius 1 is 1.09 bits per heavy atom. The zero-order valence-electron chi connectivity index (χ0n) is 26.0. The van der Waals surface area contributed by atoms with Crippen molar-refractivity contribution in [2.45, 2.75) is 76.5 Å². The molecule has 5 heterocycles. The van der Waals surface area contributed by atoms with Crippen molar-refractivity contribution in [1.29, 1.82) is 0 Å². The minimum absolute atomic E-state index is 0.0579. The third kappa shape index (κ3) is 5.87. The van der Waals surface area contributed by atoms with Crippen LogP contribution in [0.2, 0.25) is 0 Å². The van der Waals surface area contributed by atoms with Crippen LogP contribution in [0.25, 0.3) is 11.0 Å². The van der Waals surface area contributed by atoms with Crippen LogP contribution in [-0.2, 0) is 9.47 Å². The second-order valence-electron chi connectivity index (χ2n) is 13.1. The molecule has 0 atom stereocenters. The summed E-state index contributed by atoms with van der Waals surface area (Å²) in [6, 6.07) is 5.66. The molecular formula is C31H40N8O5. The summed E-state index contributed by atoms with van der Waals surface area (Å²) in [6.45, 7) is 6.82. The number of amides is 3. The highest BCUT2D eigenvalue weighted by Crippen LogP contribution is 2.37. The second kappa shape index (κ2) is 11.3. The molecule has 1 saturated carbocycles. The van der Waals surface area contributed by atoms with Crippen LogP contribution in [0.3, 0.4) is 0 Å². The fourth-order valence-corrected chi connectivity index (χ4v) is 6.23. The molecule has 44 heavy (non-hydrogen) atoms. The van der Waals surface area contributed by atoms with Gasteiger partial charge in [0.2, 0.25) is 5.95 Å². The van der Waals surface area contributed by atoms with Gasteiger partial charge >= 0.3 is 12.2 Å². The summed E-state index contributed by atoms with van der Waals surface area (Å²) >= 11 is 0. The van der Waals surface area contributed by atoms with Gasteiger partial charge in [0.05, 0.1) is 18.4 Å². The molecule has 3 amide bonds. The highest BCUT2D eigenvalue weighted by atomic mass is 16.6. The Labute approximate surface area is 256 Å². The number of fused-ring (bicyclic) bond motifs is 1. The van der Waals surface area contributed by atoms with Crippen LogP contribution in [0.4, 0.5) is 27.0 Å². The molecule has 2 aliphatic heterocycles. The van der Waals surface area contributed by atoms with Gasteiger partial charge in [0.25, 0.3) is 5.91 Å². The van der Waals surface area contributed by atoms with Crippen LogP contribution < -0.4 is 10.2 Å². The van der Waals surface area contributed by atoms with Crippen LogP contribution in [0, 0.1) is 0 Å². The summed E-state index contributed by atoms with van der Waals surface area (Å²) in [5.74, 6) is 0.831. The van der Waals surface area contributed by atoms with Gasteiger partial charge in [-0.3, -0.25) is 9.69 Å². The Balaban J connectivity index is 1.14. The summed E-state index contributed by atoms with van der Waals surface area (Å²) in [5, 5.41) is 3.98. The third-order valence-electron chi connectivity index (χ3n) is 8.49. The number of carbonyl (C=O) groups excluding carboxylic acids is 3. The number of pyridine rings is 1. The van der Waals surface area contributed by atoms with Crippen LogP contribution in [0.15, 0.2) is 30.6 Å². The van der Waals surface area contributed by atoms with Crippen molar-refractivity contribution in [2.75, 3.05) is 43.9 Å². The Kier molecular flexibility index (Phi) is 7.58. The van der Waals surface area contributed by atoms with Crippen molar-refractivity contribution in [3.05, 3.63) is 36.3 Å². The van der Waals surface area contributed by atoms with E-state index in [0.29, 0.717) is 55.6 Å². The Bertz CT molecular complexity index is 1560. The maximum absolute atomic E-state index is 13.0. The standard InChI is InChI=1S/C31H40N8O5/c1-30(2,3)43-28(41)37-14-12-31(13-15-37)19-38(29(42)44-31)22-10-11-24(32-18-22)34-27-33-17-20-16-23(26(40)36(4)5)39(25(20)35-27)21-8-6-7-9-21/h10-11,16-18,21H,6-9,12-15,19H2,1-5H3,(H,32,33,34,35). The Hall–Kier alpha value is -4.42. The van der Waals surface area contributed by atoms with Crippen LogP contribution >= 0.6 is 0 Å². The van der Waals surface area contributed by atoms with Crippen LogP contribution in [0.1, 0.15) is 75.8 Å². The van der Waals surface area contributed by atoms with Crippen molar-refractivity contribution in [1.82, 2.24) is 29.3 Å². The highest BCUT2D eigenvalue weighted by Gasteiger charge is 2.48. The number of nitrogens with one attached hydrogen (secondary N) is 1. The minimum atomic E-state index is -0.656. The van der Waals surface area contributed by atoms with E-state index >= 15 is 0 Å². The lowest BCUT2D eigenvalue weighted by Gasteiger charge is -2.37. The summed E-state index contributed by atoms with van der Waals surface area (Å²) in [7, 11) is 3.51. The van der Waals surface area contributed by atoms with Crippen LogP contribution in [-0.4, -0.2) is 92.3 Å². The van der Waals surface area contributed by atoms with Gasteiger partial charge in [-0.15, -0.1) is 0 Å². The summed E-state index contributed by atoms with van der Waals surface area (Å²) in [6.07, 6.45) is 7.91. The first-order chi connectivity index (χ1) is 20.9. The van der Waals surface area contributed by atoms with Gasteiger partial charge in [0, 0.05) is 57.7 Å². The average Bonchev–Trinajstić information content (AvgIpc) is 3.70. The quantitative estimate of drug-likeness (QED) is 0.421. The number of piperidine rings is 1. The molecule has 234 valence electrons. The van der Waals surface area contributed by atoms with E-state index < -0.39 is 17.3 Å². The second-order valence-corrected chi connectivity index (χ2v) is 13.1. The number of ether oxygens (including phenoxy) is 2. The van der Waals surface area contributed by atoms with Crippen molar-refractivity contribution in [3.63, 3.8) is 0 Å². The molecule has 0 bridgehead atoms. The molecule has 1 N–H and O–H groups in total. The fourth-order valence-electron chi connectivity index (χ4n) is 6.23. The van der Waals surface area contributed by atoms with Crippen molar-refractivity contribution >= 4 is 46.6 Å². The van der Waals surface area contributed by atoms with Gasteiger partial charge in [-0.2, -0.15) is 4.98 Å². The van der Waals surface area contributed by atoms with Gasteiger partial charge in [0.1, 0.15) is 28.4 Å². The average molecular weight is 605 g/mol. The molecule has 3 fully saturated rings. The number of likely N-dealkylation sites (tertiary alicyclic amines) is 1. The molecule has 0 radical (unpaired) electrons. The topological polar surface area (TPSA) is 135 Å². The van der Waals surface area contributed by atoms with Gasteiger partial charge in [-0.25, -0.2) is 19.6 Å². The molecule has 2 saturated heterocycles. The lowest BCUT2D eigenvalue weighted by molar-refractivity contribution is -0.0167. The van der Waals surface area contributed by atoms with Gasteiger partial charge in [-0.05, 0) is 51.8 Å². The fraction of sp³-hybridized carbons (Fsp3) is 0.548. The number of hydrogen-bond donors (Lipinski definition) is 1. The highest BCUT2D eigenvalue weighted by molar-refractivity contribution is 5.98. The zero-order chi connectivity index (χ0) is 31.2. The lowest BCUT2D eigenvalue weighted by atomic mass is 9.91. The monoisotopic (exact) mass is 604 g/mol. The van der Waals surface area contributed by atoms with E-state index in [-0.39, 0.29) is 18.0 Å². The van der Waals surface area contributed by atoms with Crippen molar-refractivity contribution < 1.29 is 23.9 Å². The van der Waals surface area contributed by atoms with E-state index in [0.717, 1.165) is 36.7 Å². The molecule has 3 aromatic heterocycles. The molecular weight excluding hydrogens is 564 g/mol. The molecule has 3 aliphatic rings. The van der Waals surface area contributed by atoms with E-state index in [2.05, 4.69) is 19.9 Å². The smallest absolute Gasteiger partial charge is 0.415 e. The minimum Gasteiger partial charge on any atom is -0.444 e. The first-order valence-electron chi connectivity index (χ1n) is 15.2. The van der Waals surface area contributed by atoms with Crippen molar-refractivity contribution in [3.8, 4) is 0 Å². The molecule has 1 spiro atoms. The van der Waals surface area contributed by atoms with E-state index in [1.807, 2.05) is 26.8 Å². The zero-order valence-corrected chi connectivity index (χ0v) is 26.0. The molecule has 13 nitrogen and oxygen atoms in total.